The van der Waals surface area contributed by atoms with Gasteiger partial charge in [-0.2, -0.15) is 10.2 Å². The number of hydrogen-bond acceptors (Lipinski definition) is 9. The van der Waals surface area contributed by atoms with Gasteiger partial charge in [0.2, 0.25) is 17.6 Å². The van der Waals surface area contributed by atoms with E-state index in [2.05, 4.69) is 32.2 Å². The Morgan fingerprint density at radius 2 is 1.62 bits per heavy atom. The monoisotopic (exact) mass is 564 g/mol. The van der Waals surface area contributed by atoms with Crippen LogP contribution in [0.3, 0.4) is 0 Å². The SMILES string of the molecule is CS(=O)(=O)c1ccc(-c2noc(CC3CCNCC3)n2)cc1.N#Cc1ccc(CC(=O)NC2CCNCC2)cc1. The van der Waals surface area contributed by atoms with Crippen molar-refractivity contribution in [1.29, 1.82) is 5.26 Å². The maximum atomic E-state index is 11.8. The van der Waals surface area contributed by atoms with Gasteiger partial charge in [-0.15, -0.1) is 0 Å². The summed E-state index contributed by atoms with van der Waals surface area (Å²) in [5, 5.41) is 22.3. The highest BCUT2D eigenvalue weighted by Crippen LogP contribution is 2.21. The molecule has 0 radical (unpaired) electrons. The lowest BCUT2D eigenvalue weighted by Gasteiger charge is -2.23. The zero-order chi connectivity index (χ0) is 28.4. The molecule has 1 aromatic heterocycles. The second kappa shape index (κ2) is 14.2. The molecule has 2 aromatic carbocycles. The van der Waals surface area contributed by atoms with Gasteiger partial charge in [-0.1, -0.05) is 17.3 Å². The van der Waals surface area contributed by atoms with Gasteiger partial charge in [-0.25, -0.2) is 8.42 Å². The Kier molecular flexibility index (Phi) is 10.4. The van der Waals surface area contributed by atoms with Gasteiger partial charge in [0.1, 0.15) is 0 Å². The highest BCUT2D eigenvalue weighted by molar-refractivity contribution is 7.90. The Balaban J connectivity index is 0.000000189. The number of nitrogens with zero attached hydrogens (tertiary/aromatic N) is 3. The standard InChI is InChI=1S/C15H19N3O3S.C14H17N3O/c1-22(19,20)13-4-2-12(3-5-13)15-17-14(21-18-15)10-11-6-8-16-9-7-11;15-10-12-3-1-11(2-4-12)9-14(18)17-13-5-7-16-8-6-13/h2-5,11,16H,6-10H2,1H3;1-4,13,16H,5-9H2,(H,17,18). The lowest BCUT2D eigenvalue weighted by molar-refractivity contribution is -0.121. The molecule has 5 rings (SSSR count). The van der Waals surface area contributed by atoms with E-state index in [-0.39, 0.29) is 10.8 Å². The van der Waals surface area contributed by atoms with Crippen LogP contribution < -0.4 is 16.0 Å². The molecule has 0 bridgehead atoms. The molecule has 2 fully saturated rings. The summed E-state index contributed by atoms with van der Waals surface area (Å²) < 4.78 is 28.2. The van der Waals surface area contributed by atoms with Crippen LogP contribution in [-0.4, -0.2) is 62.9 Å². The van der Waals surface area contributed by atoms with Crippen molar-refractivity contribution < 1.29 is 17.7 Å². The Morgan fingerprint density at radius 3 is 2.23 bits per heavy atom. The van der Waals surface area contributed by atoms with Crippen molar-refractivity contribution >= 4 is 15.7 Å². The molecular formula is C29H36N6O4S. The largest absolute Gasteiger partial charge is 0.353 e. The van der Waals surface area contributed by atoms with E-state index in [4.69, 9.17) is 9.78 Å². The molecule has 40 heavy (non-hydrogen) atoms. The number of carbonyl (C=O) groups excluding carboxylic acids is 1. The van der Waals surface area contributed by atoms with Gasteiger partial charge in [-0.05, 0) is 99.7 Å². The van der Waals surface area contributed by atoms with E-state index in [0.717, 1.165) is 69.4 Å². The first-order valence-corrected chi connectivity index (χ1v) is 15.5. The van der Waals surface area contributed by atoms with Gasteiger partial charge in [0, 0.05) is 24.3 Å². The minimum Gasteiger partial charge on any atom is -0.353 e. The number of nitrogens with one attached hydrogen (secondary N) is 3. The van der Waals surface area contributed by atoms with Crippen LogP contribution in [-0.2, 0) is 27.5 Å². The van der Waals surface area contributed by atoms with Gasteiger partial charge >= 0.3 is 0 Å². The van der Waals surface area contributed by atoms with Crippen molar-refractivity contribution in [2.24, 2.45) is 5.92 Å². The quantitative estimate of drug-likeness (QED) is 0.393. The molecule has 3 aromatic rings. The normalized spacial score (nSPS) is 16.4. The molecule has 0 atom stereocenters. The third kappa shape index (κ3) is 8.98. The Bertz CT molecular complexity index is 1390. The maximum Gasteiger partial charge on any atom is 0.227 e. The van der Waals surface area contributed by atoms with E-state index in [0.29, 0.717) is 35.7 Å². The molecule has 3 heterocycles. The summed E-state index contributed by atoms with van der Waals surface area (Å²) in [7, 11) is -3.19. The Hall–Kier alpha value is -3.59. The number of nitriles is 1. The third-order valence-corrected chi connectivity index (χ3v) is 8.21. The first-order valence-electron chi connectivity index (χ1n) is 13.6. The summed E-state index contributed by atoms with van der Waals surface area (Å²) in [6, 6.07) is 16.1. The fourth-order valence-electron chi connectivity index (χ4n) is 4.77. The zero-order valence-corrected chi connectivity index (χ0v) is 23.5. The van der Waals surface area contributed by atoms with E-state index in [1.54, 1.807) is 36.4 Å². The molecule has 0 unspecified atom stereocenters. The highest BCUT2D eigenvalue weighted by atomic mass is 32.2. The zero-order valence-electron chi connectivity index (χ0n) is 22.7. The summed E-state index contributed by atoms with van der Waals surface area (Å²) in [5.74, 6) is 1.80. The summed E-state index contributed by atoms with van der Waals surface area (Å²) in [6.45, 7) is 4.03. The van der Waals surface area contributed by atoms with Crippen molar-refractivity contribution in [2.45, 2.75) is 49.5 Å². The maximum absolute atomic E-state index is 11.8. The van der Waals surface area contributed by atoms with Crippen molar-refractivity contribution in [3.8, 4) is 17.5 Å². The molecule has 2 aliphatic rings. The van der Waals surface area contributed by atoms with Crippen LogP contribution in [0, 0.1) is 17.2 Å². The van der Waals surface area contributed by atoms with Gasteiger partial charge in [0.05, 0.1) is 22.9 Å². The molecule has 212 valence electrons. The highest BCUT2D eigenvalue weighted by Gasteiger charge is 2.18. The summed E-state index contributed by atoms with van der Waals surface area (Å²) in [4.78, 5) is 16.5. The Morgan fingerprint density at radius 1 is 1.00 bits per heavy atom. The van der Waals surface area contributed by atoms with E-state index in [1.807, 2.05) is 12.1 Å². The molecule has 2 aliphatic heterocycles. The molecule has 10 nitrogen and oxygen atoms in total. The number of rotatable bonds is 7. The summed E-state index contributed by atoms with van der Waals surface area (Å²) in [6.07, 6.45) is 6.62. The number of hydrogen-bond donors (Lipinski definition) is 3. The predicted octanol–water partition coefficient (Wildman–Crippen LogP) is 2.65. The van der Waals surface area contributed by atoms with Crippen molar-refractivity contribution in [3.05, 3.63) is 65.5 Å². The van der Waals surface area contributed by atoms with Crippen molar-refractivity contribution in [3.63, 3.8) is 0 Å². The van der Waals surface area contributed by atoms with Crippen molar-refractivity contribution in [1.82, 2.24) is 26.1 Å². The van der Waals surface area contributed by atoms with E-state index in [9.17, 15) is 13.2 Å². The number of sulfone groups is 1. The van der Waals surface area contributed by atoms with Crippen LogP contribution in [0.15, 0.2) is 57.9 Å². The van der Waals surface area contributed by atoms with Crippen molar-refractivity contribution in [2.75, 3.05) is 32.4 Å². The first-order chi connectivity index (χ1) is 19.3. The van der Waals surface area contributed by atoms with E-state index < -0.39 is 9.84 Å². The van der Waals surface area contributed by atoms with Gasteiger partial charge in [0.15, 0.2) is 9.84 Å². The van der Waals surface area contributed by atoms with Gasteiger partial charge < -0.3 is 20.5 Å². The average Bonchev–Trinajstić information content (AvgIpc) is 3.43. The lowest BCUT2D eigenvalue weighted by atomic mass is 9.95. The minimum absolute atomic E-state index is 0.0617. The molecule has 1 amide bonds. The number of carbonyl (C=O) groups is 1. The number of benzene rings is 2. The first kappa shape index (κ1) is 29.4. The van der Waals surface area contributed by atoms with Crippen LogP contribution in [0.25, 0.3) is 11.4 Å². The molecule has 0 aliphatic carbocycles. The van der Waals surface area contributed by atoms with Gasteiger partial charge in [-0.3, -0.25) is 4.79 Å². The molecular weight excluding hydrogens is 528 g/mol. The smallest absolute Gasteiger partial charge is 0.227 e. The Labute approximate surface area is 235 Å². The number of amides is 1. The fourth-order valence-corrected chi connectivity index (χ4v) is 5.40. The average molecular weight is 565 g/mol. The second-order valence-corrected chi connectivity index (χ2v) is 12.3. The van der Waals surface area contributed by atoms with Crippen LogP contribution in [0.1, 0.15) is 42.7 Å². The summed E-state index contributed by atoms with van der Waals surface area (Å²) in [5.41, 5.74) is 2.32. The number of aromatic nitrogens is 2. The molecule has 3 N–H and O–H groups in total. The number of piperidine rings is 2. The van der Waals surface area contributed by atoms with Crippen LogP contribution in [0.4, 0.5) is 0 Å². The lowest BCUT2D eigenvalue weighted by Crippen LogP contribution is -2.43. The van der Waals surface area contributed by atoms with Crippen LogP contribution >= 0.6 is 0 Å². The molecule has 2 saturated heterocycles. The third-order valence-electron chi connectivity index (χ3n) is 7.08. The summed E-state index contributed by atoms with van der Waals surface area (Å²) >= 11 is 0. The second-order valence-electron chi connectivity index (χ2n) is 10.3. The molecule has 11 heteroatoms. The van der Waals surface area contributed by atoms with E-state index in [1.165, 1.54) is 6.26 Å². The van der Waals surface area contributed by atoms with Crippen LogP contribution in [0.5, 0.6) is 0 Å². The topological polar surface area (TPSA) is 150 Å². The van der Waals surface area contributed by atoms with E-state index >= 15 is 0 Å². The predicted molar refractivity (Wildman–Crippen MR) is 151 cm³/mol. The minimum atomic E-state index is -3.19. The fraction of sp³-hybridized carbons (Fsp3) is 0.448. The molecule has 0 spiro atoms. The molecule has 0 saturated carbocycles. The van der Waals surface area contributed by atoms with Crippen LogP contribution in [0.2, 0.25) is 0 Å². The van der Waals surface area contributed by atoms with Gasteiger partial charge in [0.25, 0.3) is 0 Å².